The predicted molar refractivity (Wildman–Crippen MR) is 62.9 cm³/mol. The molecule has 0 fully saturated rings. The third kappa shape index (κ3) is 1.42. The molecular weight excluding hydrogens is 232 g/mol. The summed E-state index contributed by atoms with van der Waals surface area (Å²) in [5, 5.41) is 0.761. The van der Waals surface area contributed by atoms with Crippen LogP contribution in [0.4, 0.5) is 0 Å². The smallest absolute Gasteiger partial charge is 0.329 e. The Bertz CT molecular complexity index is 636. The minimum atomic E-state index is -0.161. The largest absolute Gasteiger partial charge is 0.330 e. The molecule has 1 N–H and O–H groups in total. The molecular formula is C8H10N4OS2. The molecule has 0 radical (unpaired) electrons. The Labute approximate surface area is 95.1 Å². The summed E-state index contributed by atoms with van der Waals surface area (Å²) in [4.78, 5) is 19.1. The minimum absolute atomic E-state index is 0.161. The highest BCUT2D eigenvalue weighted by molar-refractivity contribution is 7.98. The molecule has 80 valence electrons. The summed E-state index contributed by atoms with van der Waals surface area (Å²) in [6.07, 6.45) is 1.92. The number of hydrogen-bond acceptors (Lipinski definition) is 4. The molecule has 0 bridgehead atoms. The van der Waals surface area contributed by atoms with Crippen LogP contribution in [0.5, 0.6) is 0 Å². The fourth-order valence-corrected chi connectivity index (χ4v) is 2.00. The summed E-state index contributed by atoms with van der Waals surface area (Å²) >= 11 is 6.66. The number of aromatic nitrogens is 4. The summed E-state index contributed by atoms with van der Waals surface area (Å²) < 4.78 is 3.40. The van der Waals surface area contributed by atoms with Gasteiger partial charge in [-0.15, -0.1) is 0 Å². The first-order chi connectivity index (χ1) is 7.06. The maximum Gasteiger partial charge on any atom is 0.330 e. The van der Waals surface area contributed by atoms with E-state index in [4.69, 9.17) is 12.2 Å². The molecule has 2 rings (SSSR count). The number of nitrogens with zero attached hydrogens (tertiary/aromatic N) is 3. The van der Waals surface area contributed by atoms with Crippen molar-refractivity contribution in [3.8, 4) is 0 Å². The highest BCUT2D eigenvalue weighted by Gasteiger charge is 2.10. The van der Waals surface area contributed by atoms with Crippen molar-refractivity contribution in [3.05, 3.63) is 15.1 Å². The van der Waals surface area contributed by atoms with Gasteiger partial charge in [0, 0.05) is 14.1 Å². The predicted octanol–water partition coefficient (Wildman–Crippen LogP) is 1.05. The van der Waals surface area contributed by atoms with Gasteiger partial charge >= 0.3 is 5.69 Å². The van der Waals surface area contributed by atoms with Crippen LogP contribution < -0.4 is 5.69 Å². The zero-order valence-electron chi connectivity index (χ0n) is 8.57. The van der Waals surface area contributed by atoms with Gasteiger partial charge in [0.2, 0.25) is 0 Å². The SMILES string of the molecule is CSc1nc2c([nH]1)c(=S)n(C)c(=O)n2C. The van der Waals surface area contributed by atoms with E-state index in [1.807, 2.05) is 6.26 Å². The average molecular weight is 242 g/mol. The van der Waals surface area contributed by atoms with Gasteiger partial charge in [-0.05, 0) is 6.26 Å². The van der Waals surface area contributed by atoms with Gasteiger partial charge in [-0.25, -0.2) is 9.78 Å². The van der Waals surface area contributed by atoms with E-state index in [9.17, 15) is 4.79 Å². The highest BCUT2D eigenvalue weighted by atomic mass is 32.2. The van der Waals surface area contributed by atoms with E-state index in [2.05, 4.69) is 9.97 Å². The normalized spacial score (nSPS) is 11.1. The molecule has 0 saturated heterocycles. The van der Waals surface area contributed by atoms with Crippen molar-refractivity contribution in [1.82, 2.24) is 19.1 Å². The number of H-pyrrole nitrogens is 1. The molecule has 0 amide bonds. The molecule has 2 aromatic heterocycles. The maximum atomic E-state index is 11.7. The molecule has 0 spiro atoms. The summed E-state index contributed by atoms with van der Waals surface area (Å²) in [6, 6.07) is 0. The second kappa shape index (κ2) is 3.49. The van der Waals surface area contributed by atoms with Gasteiger partial charge in [0.05, 0.1) is 0 Å². The second-order valence-corrected chi connectivity index (χ2v) is 4.33. The molecule has 2 heterocycles. The Hall–Kier alpha value is -1.08. The number of fused-ring (bicyclic) bond motifs is 1. The lowest BCUT2D eigenvalue weighted by atomic mass is 10.5. The number of aryl methyl sites for hydroxylation is 1. The molecule has 0 aliphatic carbocycles. The van der Waals surface area contributed by atoms with E-state index < -0.39 is 0 Å². The molecule has 7 heteroatoms. The van der Waals surface area contributed by atoms with Crippen molar-refractivity contribution in [2.75, 3.05) is 6.26 Å². The minimum Gasteiger partial charge on any atom is -0.329 e. The third-order valence-electron chi connectivity index (χ3n) is 2.27. The van der Waals surface area contributed by atoms with Crippen molar-refractivity contribution >= 4 is 35.1 Å². The van der Waals surface area contributed by atoms with Crippen LogP contribution in [0.25, 0.3) is 11.2 Å². The lowest BCUT2D eigenvalue weighted by Gasteiger charge is -2.02. The Balaban J connectivity index is 3.04. The zero-order valence-corrected chi connectivity index (χ0v) is 10.2. The van der Waals surface area contributed by atoms with Crippen molar-refractivity contribution < 1.29 is 0 Å². The molecule has 0 aromatic carbocycles. The van der Waals surface area contributed by atoms with E-state index >= 15 is 0 Å². The van der Waals surface area contributed by atoms with Crippen molar-refractivity contribution in [3.63, 3.8) is 0 Å². The average Bonchev–Trinajstić information content (AvgIpc) is 2.67. The first-order valence-corrected chi connectivity index (χ1v) is 5.89. The zero-order chi connectivity index (χ0) is 11.2. The van der Waals surface area contributed by atoms with E-state index in [-0.39, 0.29) is 5.69 Å². The number of rotatable bonds is 1. The summed E-state index contributed by atoms with van der Waals surface area (Å²) in [6.45, 7) is 0. The van der Waals surface area contributed by atoms with Gasteiger partial charge in [0.1, 0.15) is 10.2 Å². The van der Waals surface area contributed by atoms with E-state index in [1.54, 1.807) is 14.1 Å². The van der Waals surface area contributed by atoms with Crippen LogP contribution in [-0.4, -0.2) is 25.4 Å². The molecule has 0 aliphatic heterocycles. The number of imidazole rings is 1. The quantitative estimate of drug-likeness (QED) is 0.600. The Morgan fingerprint density at radius 1 is 1.40 bits per heavy atom. The maximum absolute atomic E-state index is 11.7. The standard InChI is InChI=1S/C8H10N4OS2/c1-11-5-4(9-7(10-5)15-3)6(14)12(2)8(11)13/h1-3H3,(H,9,10). The van der Waals surface area contributed by atoms with Crippen molar-refractivity contribution in [2.24, 2.45) is 14.1 Å². The van der Waals surface area contributed by atoms with E-state index in [0.717, 1.165) is 10.7 Å². The number of hydrogen-bond donors (Lipinski definition) is 1. The van der Waals surface area contributed by atoms with Crippen LogP contribution in [0, 0.1) is 4.64 Å². The lowest BCUT2D eigenvalue weighted by Crippen LogP contribution is -2.27. The topological polar surface area (TPSA) is 55.6 Å². The molecule has 0 unspecified atom stereocenters. The molecule has 2 aromatic rings. The first-order valence-electron chi connectivity index (χ1n) is 4.26. The fourth-order valence-electron chi connectivity index (χ4n) is 1.40. The second-order valence-electron chi connectivity index (χ2n) is 3.15. The van der Waals surface area contributed by atoms with Gasteiger partial charge in [-0.1, -0.05) is 24.0 Å². The Morgan fingerprint density at radius 2 is 2.07 bits per heavy atom. The first kappa shape index (κ1) is 10.4. The monoisotopic (exact) mass is 242 g/mol. The van der Waals surface area contributed by atoms with Crippen LogP contribution in [0.3, 0.4) is 0 Å². The van der Waals surface area contributed by atoms with Gasteiger partial charge in [0.15, 0.2) is 10.8 Å². The molecule has 0 saturated carbocycles. The van der Waals surface area contributed by atoms with Crippen molar-refractivity contribution in [1.29, 1.82) is 0 Å². The van der Waals surface area contributed by atoms with Crippen LogP contribution in [-0.2, 0) is 14.1 Å². The number of nitrogens with one attached hydrogen (secondary N) is 1. The molecule has 0 aliphatic rings. The van der Waals surface area contributed by atoms with Crippen molar-refractivity contribution in [2.45, 2.75) is 5.16 Å². The van der Waals surface area contributed by atoms with Gasteiger partial charge in [-0.3, -0.25) is 9.13 Å². The molecule has 0 atom stereocenters. The van der Waals surface area contributed by atoms with Crippen LogP contribution >= 0.6 is 24.0 Å². The Kier molecular flexibility index (Phi) is 2.43. The summed E-state index contributed by atoms with van der Waals surface area (Å²) in [5.41, 5.74) is 1.18. The summed E-state index contributed by atoms with van der Waals surface area (Å²) in [7, 11) is 3.34. The van der Waals surface area contributed by atoms with E-state index in [0.29, 0.717) is 10.3 Å². The van der Waals surface area contributed by atoms with Gasteiger partial charge < -0.3 is 4.98 Å². The summed E-state index contributed by atoms with van der Waals surface area (Å²) in [5.74, 6) is 0. The van der Waals surface area contributed by atoms with Gasteiger partial charge in [0.25, 0.3) is 0 Å². The Morgan fingerprint density at radius 3 is 2.67 bits per heavy atom. The highest BCUT2D eigenvalue weighted by Crippen LogP contribution is 2.16. The van der Waals surface area contributed by atoms with E-state index in [1.165, 1.54) is 20.9 Å². The molecule has 5 nitrogen and oxygen atoms in total. The molecule has 15 heavy (non-hydrogen) atoms. The van der Waals surface area contributed by atoms with Crippen LogP contribution in [0.15, 0.2) is 9.95 Å². The fraction of sp³-hybridized carbons (Fsp3) is 0.375. The number of thioether (sulfide) groups is 1. The number of aromatic amines is 1. The van der Waals surface area contributed by atoms with Gasteiger partial charge in [-0.2, -0.15) is 0 Å². The lowest BCUT2D eigenvalue weighted by molar-refractivity contribution is 0.721. The third-order valence-corrected chi connectivity index (χ3v) is 3.32. The van der Waals surface area contributed by atoms with Crippen LogP contribution in [0.1, 0.15) is 0 Å². The van der Waals surface area contributed by atoms with Crippen LogP contribution in [0.2, 0.25) is 0 Å².